The summed E-state index contributed by atoms with van der Waals surface area (Å²) in [5.74, 6) is 0.406. The molecule has 1 N–H and O–H groups in total. The zero-order valence-corrected chi connectivity index (χ0v) is 8.00. The van der Waals surface area contributed by atoms with E-state index in [0.717, 1.165) is 31.6 Å². The Hall–Kier alpha value is -0.760. The molecule has 0 amide bonds. The van der Waals surface area contributed by atoms with Crippen molar-refractivity contribution in [2.75, 3.05) is 13.1 Å². The average Bonchev–Trinajstić information content (AvgIpc) is 2.15. The number of hydrogen-bond donors (Lipinski definition) is 1. The summed E-state index contributed by atoms with van der Waals surface area (Å²) in [4.78, 5) is 2.21. The van der Waals surface area contributed by atoms with E-state index in [1.807, 2.05) is 0 Å². The van der Waals surface area contributed by atoms with E-state index in [0.29, 0.717) is 12.3 Å². The lowest BCUT2D eigenvalue weighted by Crippen LogP contribution is -2.56. The lowest BCUT2D eigenvalue weighted by atomic mass is 9.71. The van der Waals surface area contributed by atoms with Crippen molar-refractivity contribution in [2.24, 2.45) is 5.92 Å². The van der Waals surface area contributed by atoms with E-state index in [2.05, 4.69) is 18.1 Å². The summed E-state index contributed by atoms with van der Waals surface area (Å²) in [6, 6.07) is 0. The molecule has 0 aliphatic carbocycles. The van der Waals surface area contributed by atoms with Gasteiger partial charge in [0, 0.05) is 18.8 Å². The molecule has 13 heavy (non-hydrogen) atoms. The van der Waals surface area contributed by atoms with Crippen molar-refractivity contribution in [3.63, 3.8) is 0 Å². The summed E-state index contributed by atoms with van der Waals surface area (Å²) in [7, 11) is 0. The van der Waals surface area contributed by atoms with Gasteiger partial charge in [0.15, 0.2) is 0 Å². The molecular weight excluding hydrogens is 162 g/mol. The molecule has 0 aromatic rings. The summed E-state index contributed by atoms with van der Waals surface area (Å²) in [6.07, 6.45) is 4.65. The molecule has 3 aliphatic heterocycles. The SMILES string of the molecule is C=CCC1(O)C(=C)N2CCC1CC2. The van der Waals surface area contributed by atoms with Crippen molar-refractivity contribution in [3.8, 4) is 0 Å². The summed E-state index contributed by atoms with van der Waals surface area (Å²) in [5, 5.41) is 10.4. The van der Waals surface area contributed by atoms with Crippen LogP contribution in [0.15, 0.2) is 24.9 Å². The molecule has 0 radical (unpaired) electrons. The third-order valence-corrected chi connectivity index (χ3v) is 3.51. The van der Waals surface area contributed by atoms with Gasteiger partial charge in [-0.2, -0.15) is 0 Å². The van der Waals surface area contributed by atoms with Gasteiger partial charge >= 0.3 is 0 Å². The summed E-state index contributed by atoms with van der Waals surface area (Å²) >= 11 is 0. The van der Waals surface area contributed by atoms with Gasteiger partial charge in [-0.1, -0.05) is 12.7 Å². The zero-order chi connectivity index (χ0) is 9.47. The highest BCUT2D eigenvalue weighted by Crippen LogP contribution is 2.43. The Bertz CT molecular complexity index is 240. The van der Waals surface area contributed by atoms with E-state index < -0.39 is 5.60 Å². The first-order valence-electron chi connectivity index (χ1n) is 4.96. The molecule has 3 aliphatic rings. The predicted octanol–water partition coefficient (Wildman–Crippen LogP) is 1.53. The first kappa shape index (κ1) is 8.82. The Labute approximate surface area is 79.6 Å². The van der Waals surface area contributed by atoms with Crippen LogP contribution < -0.4 is 0 Å². The maximum absolute atomic E-state index is 10.4. The second-order valence-electron chi connectivity index (χ2n) is 4.13. The molecule has 0 saturated carbocycles. The summed E-state index contributed by atoms with van der Waals surface area (Å²) < 4.78 is 0. The van der Waals surface area contributed by atoms with Crippen molar-refractivity contribution < 1.29 is 5.11 Å². The number of piperidine rings is 3. The number of hydrogen-bond acceptors (Lipinski definition) is 2. The number of nitrogens with zero attached hydrogens (tertiary/aromatic N) is 1. The molecule has 3 heterocycles. The molecule has 3 fully saturated rings. The highest BCUT2D eigenvalue weighted by atomic mass is 16.3. The fraction of sp³-hybridized carbons (Fsp3) is 0.636. The second-order valence-corrected chi connectivity index (χ2v) is 4.13. The summed E-state index contributed by atoms with van der Waals surface area (Å²) in [6.45, 7) is 9.84. The lowest BCUT2D eigenvalue weighted by Gasteiger charge is -2.52. The van der Waals surface area contributed by atoms with Crippen LogP contribution in [0, 0.1) is 5.92 Å². The van der Waals surface area contributed by atoms with Crippen molar-refractivity contribution in [3.05, 3.63) is 24.9 Å². The monoisotopic (exact) mass is 179 g/mol. The van der Waals surface area contributed by atoms with Crippen LogP contribution in [0.5, 0.6) is 0 Å². The van der Waals surface area contributed by atoms with Crippen LogP contribution in [-0.4, -0.2) is 28.7 Å². The Morgan fingerprint density at radius 1 is 1.54 bits per heavy atom. The van der Waals surface area contributed by atoms with Gasteiger partial charge in [-0.15, -0.1) is 6.58 Å². The molecule has 2 nitrogen and oxygen atoms in total. The van der Waals surface area contributed by atoms with Crippen molar-refractivity contribution in [2.45, 2.75) is 24.9 Å². The van der Waals surface area contributed by atoms with Crippen molar-refractivity contribution >= 4 is 0 Å². The number of rotatable bonds is 2. The van der Waals surface area contributed by atoms with Crippen molar-refractivity contribution in [1.82, 2.24) is 4.90 Å². The molecule has 2 heteroatoms. The Morgan fingerprint density at radius 3 is 2.62 bits per heavy atom. The van der Waals surface area contributed by atoms with E-state index in [-0.39, 0.29) is 0 Å². The lowest BCUT2D eigenvalue weighted by molar-refractivity contribution is -0.0682. The zero-order valence-electron chi connectivity index (χ0n) is 8.00. The minimum Gasteiger partial charge on any atom is -0.383 e. The third kappa shape index (κ3) is 1.12. The third-order valence-electron chi connectivity index (χ3n) is 3.51. The minimum atomic E-state index is -0.682. The molecule has 1 unspecified atom stereocenters. The fourth-order valence-electron chi connectivity index (χ4n) is 2.64. The minimum absolute atomic E-state index is 0.406. The molecule has 0 aromatic carbocycles. The standard InChI is InChI=1S/C11H17NO/c1-3-6-11(13)9(2)12-7-4-10(11)5-8-12/h3,10,13H,1-2,4-8H2. The average molecular weight is 179 g/mol. The van der Waals surface area contributed by atoms with Gasteiger partial charge in [-0.25, -0.2) is 0 Å². The van der Waals surface area contributed by atoms with Gasteiger partial charge in [0.05, 0.1) is 0 Å². The van der Waals surface area contributed by atoms with Crippen LogP contribution in [0.3, 0.4) is 0 Å². The van der Waals surface area contributed by atoms with Crippen LogP contribution in [0.2, 0.25) is 0 Å². The first-order valence-corrected chi connectivity index (χ1v) is 4.96. The van der Waals surface area contributed by atoms with E-state index in [4.69, 9.17) is 0 Å². The van der Waals surface area contributed by atoms with Crippen LogP contribution in [0.1, 0.15) is 19.3 Å². The van der Waals surface area contributed by atoms with E-state index in [1.54, 1.807) is 6.08 Å². The highest BCUT2D eigenvalue weighted by Gasteiger charge is 2.47. The molecule has 3 rings (SSSR count). The quantitative estimate of drug-likeness (QED) is 0.650. The van der Waals surface area contributed by atoms with E-state index in [1.165, 1.54) is 0 Å². The van der Waals surface area contributed by atoms with E-state index in [9.17, 15) is 5.11 Å². The van der Waals surface area contributed by atoms with Crippen LogP contribution in [-0.2, 0) is 0 Å². The normalized spacial score (nSPS) is 38.1. The molecule has 1 atom stereocenters. The first-order chi connectivity index (χ1) is 6.18. The molecule has 0 aromatic heterocycles. The van der Waals surface area contributed by atoms with E-state index >= 15 is 0 Å². The molecule has 2 bridgehead atoms. The number of fused-ring (bicyclic) bond motifs is 3. The molecule has 3 saturated heterocycles. The Morgan fingerprint density at radius 2 is 2.15 bits per heavy atom. The molecule has 0 spiro atoms. The maximum Gasteiger partial charge on any atom is 0.110 e. The van der Waals surface area contributed by atoms with Crippen LogP contribution >= 0.6 is 0 Å². The maximum atomic E-state index is 10.4. The topological polar surface area (TPSA) is 23.5 Å². The Balaban J connectivity index is 2.26. The summed E-state index contributed by atoms with van der Waals surface area (Å²) in [5.41, 5.74) is 0.230. The molecule has 72 valence electrons. The van der Waals surface area contributed by atoms with Crippen LogP contribution in [0.4, 0.5) is 0 Å². The highest BCUT2D eigenvalue weighted by molar-refractivity contribution is 5.21. The van der Waals surface area contributed by atoms with Gasteiger partial charge < -0.3 is 10.0 Å². The largest absolute Gasteiger partial charge is 0.383 e. The van der Waals surface area contributed by atoms with Gasteiger partial charge in [0.2, 0.25) is 0 Å². The van der Waals surface area contributed by atoms with Gasteiger partial charge in [-0.05, 0) is 25.2 Å². The van der Waals surface area contributed by atoms with Gasteiger partial charge in [0.25, 0.3) is 0 Å². The van der Waals surface area contributed by atoms with Gasteiger partial charge in [-0.3, -0.25) is 0 Å². The van der Waals surface area contributed by atoms with Gasteiger partial charge in [0.1, 0.15) is 5.60 Å². The number of aliphatic hydroxyl groups is 1. The fourth-order valence-corrected chi connectivity index (χ4v) is 2.64. The predicted molar refractivity (Wildman–Crippen MR) is 53.2 cm³/mol. The van der Waals surface area contributed by atoms with Crippen molar-refractivity contribution in [1.29, 1.82) is 0 Å². The Kier molecular flexibility index (Phi) is 1.95. The molecular formula is C11H17NO. The van der Waals surface area contributed by atoms with Crippen LogP contribution in [0.25, 0.3) is 0 Å². The smallest absolute Gasteiger partial charge is 0.110 e. The second kappa shape index (κ2) is 2.88.